The maximum Gasteiger partial charge on any atom is 0.331 e. The number of ether oxygens (including phenoxy) is 1. The van der Waals surface area contributed by atoms with Crippen LogP contribution in [0, 0.1) is 0 Å². The fraction of sp³-hybridized carbons (Fsp3) is 0.591. The van der Waals surface area contributed by atoms with Crippen LogP contribution in [-0.4, -0.2) is 51.2 Å². The number of benzene rings is 1. The minimum Gasteiger partial charge on any atom is -0.494 e. The Kier molecular flexibility index (Phi) is 8.58. The van der Waals surface area contributed by atoms with E-state index in [0.29, 0.717) is 18.9 Å². The summed E-state index contributed by atoms with van der Waals surface area (Å²) in [6.07, 6.45) is 2.51. The van der Waals surface area contributed by atoms with E-state index in [2.05, 4.69) is 0 Å². The number of carboxylic acid groups (broad SMARTS) is 1. The number of aliphatic carboxylic acids is 1. The average Bonchev–Trinajstić information content (AvgIpc) is 2.63. The van der Waals surface area contributed by atoms with Crippen molar-refractivity contribution < 1.29 is 19.4 Å². The zero-order valence-corrected chi connectivity index (χ0v) is 19.4. The molecule has 1 heterocycles. The van der Waals surface area contributed by atoms with E-state index in [4.69, 9.17) is 14.8 Å². The molecule has 0 saturated carbocycles. The molecule has 1 aliphatic heterocycles. The van der Waals surface area contributed by atoms with Crippen molar-refractivity contribution in [3.8, 4) is 5.75 Å². The summed E-state index contributed by atoms with van der Waals surface area (Å²) in [6.45, 7) is 10.6. The van der Waals surface area contributed by atoms with Crippen LogP contribution in [-0.2, 0) is 4.79 Å². The van der Waals surface area contributed by atoms with Gasteiger partial charge < -0.3 is 9.84 Å². The fourth-order valence-corrected chi connectivity index (χ4v) is 4.20. The quantitative estimate of drug-likeness (QED) is 0.539. The molecule has 0 bridgehead atoms. The molecule has 1 aromatic rings. The van der Waals surface area contributed by atoms with Crippen molar-refractivity contribution in [1.29, 1.82) is 0 Å². The number of urea groups is 1. The van der Waals surface area contributed by atoms with Crippen LogP contribution in [0.4, 0.5) is 10.5 Å². The Morgan fingerprint density at radius 1 is 1.20 bits per heavy atom. The van der Waals surface area contributed by atoms with Gasteiger partial charge in [0.25, 0.3) is 0 Å². The smallest absolute Gasteiger partial charge is 0.331 e. The number of hydrogen-bond donors (Lipinski definition) is 1. The first-order valence-corrected chi connectivity index (χ1v) is 11.3. The standard InChI is InChI=1S/C22H33N3O4S/c1-16(2)25-20(23-22(3,4)5)30-15-24(21(25)28)17-10-12-18(13-11-17)29-14-8-6-7-9-19(26)27/h10-13,16H,6-9,14-15H2,1-5H3,(H,26,27). The van der Waals surface area contributed by atoms with Gasteiger partial charge in [-0.05, 0) is 78.1 Å². The van der Waals surface area contributed by atoms with Gasteiger partial charge in [-0.2, -0.15) is 0 Å². The zero-order chi connectivity index (χ0) is 22.3. The molecule has 0 atom stereocenters. The highest BCUT2D eigenvalue weighted by molar-refractivity contribution is 8.14. The van der Waals surface area contributed by atoms with Crippen molar-refractivity contribution in [3.05, 3.63) is 24.3 Å². The van der Waals surface area contributed by atoms with Crippen LogP contribution in [0.1, 0.15) is 60.3 Å². The maximum atomic E-state index is 13.2. The molecule has 1 saturated heterocycles. The van der Waals surface area contributed by atoms with Crippen LogP contribution in [0.15, 0.2) is 29.3 Å². The van der Waals surface area contributed by atoms with Crippen LogP contribution in [0.3, 0.4) is 0 Å². The van der Waals surface area contributed by atoms with E-state index in [1.165, 1.54) is 0 Å². The van der Waals surface area contributed by atoms with Gasteiger partial charge in [0.1, 0.15) is 5.75 Å². The normalized spacial score (nSPS) is 16.5. The minimum absolute atomic E-state index is 0.0117. The Morgan fingerprint density at radius 3 is 2.43 bits per heavy atom. The summed E-state index contributed by atoms with van der Waals surface area (Å²) in [7, 11) is 0. The van der Waals surface area contributed by atoms with Crippen LogP contribution >= 0.6 is 11.8 Å². The van der Waals surface area contributed by atoms with Crippen LogP contribution < -0.4 is 9.64 Å². The molecule has 7 nitrogen and oxygen atoms in total. The van der Waals surface area contributed by atoms with E-state index in [1.54, 1.807) is 21.6 Å². The lowest BCUT2D eigenvalue weighted by Gasteiger charge is -2.38. The number of hydrogen-bond acceptors (Lipinski definition) is 5. The highest BCUT2D eigenvalue weighted by Gasteiger charge is 2.34. The molecule has 2 rings (SSSR count). The number of carbonyl (C=O) groups excluding carboxylic acids is 1. The van der Waals surface area contributed by atoms with Gasteiger partial charge in [0.2, 0.25) is 0 Å². The first kappa shape index (κ1) is 24.1. The number of carbonyl (C=O) groups is 2. The Morgan fingerprint density at radius 2 is 1.87 bits per heavy atom. The van der Waals surface area contributed by atoms with Crippen molar-refractivity contribution in [2.75, 3.05) is 17.4 Å². The summed E-state index contributed by atoms with van der Waals surface area (Å²) in [5.74, 6) is 0.496. The molecule has 0 unspecified atom stereocenters. The fourth-order valence-electron chi connectivity index (χ4n) is 2.93. The Labute approximate surface area is 183 Å². The maximum absolute atomic E-state index is 13.2. The average molecular weight is 436 g/mol. The molecular weight excluding hydrogens is 402 g/mol. The number of aliphatic imine (C=N–C) groups is 1. The van der Waals surface area contributed by atoms with E-state index >= 15 is 0 Å². The molecule has 166 valence electrons. The highest BCUT2D eigenvalue weighted by Crippen LogP contribution is 2.30. The summed E-state index contributed by atoms with van der Waals surface area (Å²) in [6, 6.07) is 7.45. The molecule has 8 heteroatoms. The number of carboxylic acids is 1. The lowest BCUT2D eigenvalue weighted by molar-refractivity contribution is -0.137. The van der Waals surface area contributed by atoms with Gasteiger partial charge in [0, 0.05) is 18.2 Å². The van der Waals surface area contributed by atoms with Crippen molar-refractivity contribution in [3.63, 3.8) is 0 Å². The summed E-state index contributed by atoms with van der Waals surface area (Å²) in [4.78, 5) is 31.9. The van der Waals surface area contributed by atoms with E-state index in [1.807, 2.05) is 58.9 Å². The number of rotatable bonds is 9. The number of anilines is 1. The third-order valence-electron chi connectivity index (χ3n) is 4.37. The molecular formula is C22H33N3O4S. The summed E-state index contributed by atoms with van der Waals surface area (Å²) < 4.78 is 5.73. The second kappa shape index (κ2) is 10.7. The summed E-state index contributed by atoms with van der Waals surface area (Å²) >= 11 is 1.57. The number of nitrogens with zero attached hydrogens (tertiary/aromatic N) is 3. The molecule has 0 radical (unpaired) electrons. The van der Waals surface area contributed by atoms with Crippen molar-refractivity contribution in [1.82, 2.24) is 4.90 Å². The first-order valence-electron chi connectivity index (χ1n) is 10.4. The lowest BCUT2D eigenvalue weighted by atomic mass is 10.1. The first-order chi connectivity index (χ1) is 14.1. The van der Waals surface area contributed by atoms with Crippen LogP contribution in [0.2, 0.25) is 0 Å². The van der Waals surface area contributed by atoms with Crippen molar-refractivity contribution in [2.24, 2.45) is 4.99 Å². The van der Waals surface area contributed by atoms with E-state index in [-0.39, 0.29) is 24.0 Å². The monoisotopic (exact) mass is 435 g/mol. The summed E-state index contributed by atoms with van der Waals surface area (Å²) in [5.41, 5.74) is 0.576. The van der Waals surface area contributed by atoms with Crippen molar-refractivity contribution in [2.45, 2.75) is 71.9 Å². The third kappa shape index (κ3) is 7.23. The van der Waals surface area contributed by atoms with Gasteiger partial charge in [-0.1, -0.05) is 11.8 Å². The number of thioether (sulfide) groups is 1. The minimum atomic E-state index is -0.759. The molecule has 1 fully saturated rings. The molecule has 1 N–H and O–H groups in total. The number of amides is 2. The Bertz CT molecular complexity index is 757. The molecule has 0 aliphatic carbocycles. The zero-order valence-electron chi connectivity index (χ0n) is 18.6. The van der Waals surface area contributed by atoms with Gasteiger partial charge >= 0.3 is 12.0 Å². The third-order valence-corrected chi connectivity index (χ3v) is 5.30. The van der Waals surface area contributed by atoms with E-state index < -0.39 is 5.97 Å². The van der Waals surface area contributed by atoms with Crippen molar-refractivity contribution >= 4 is 34.6 Å². The van der Waals surface area contributed by atoms with Gasteiger partial charge in [-0.15, -0.1) is 0 Å². The molecule has 1 aliphatic rings. The lowest BCUT2D eigenvalue weighted by Crippen LogP contribution is -2.53. The topological polar surface area (TPSA) is 82.4 Å². The van der Waals surface area contributed by atoms with E-state index in [0.717, 1.165) is 29.4 Å². The predicted molar refractivity (Wildman–Crippen MR) is 123 cm³/mol. The predicted octanol–water partition coefficient (Wildman–Crippen LogP) is 5.21. The largest absolute Gasteiger partial charge is 0.494 e. The molecule has 2 amide bonds. The van der Waals surface area contributed by atoms with E-state index in [9.17, 15) is 9.59 Å². The van der Waals surface area contributed by atoms with Gasteiger partial charge in [-0.3, -0.25) is 19.6 Å². The Hall–Kier alpha value is -2.22. The number of unbranched alkanes of at least 4 members (excludes halogenated alkanes) is 2. The van der Waals surface area contributed by atoms with Crippen LogP contribution in [0.5, 0.6) is 5.75 Å². The number of amidine groups is 1. The molecule has 30 heavy (non-hydrogen) atoms. The van der Waals surface area contributed by atoms with Gasteiger partial charge in [0.15, 0.2) is 5.17 Å². The van der Waals surface area contributed by atoms with Gasteiger partial charge in [0.05, 0.1) is 18.0 Å². The second-order valence-electron chi connectivity index (χ2n) is 8.56. The summed E-state index contributed by atoms with van der Waals surface area (Å²) in [5, 5.41) is 9.41. The van der Waals surface area contributed by atoms with Gasteiger partial charge in [-0.25, -0.2) is 4.79 Å². The molecule has 0 spiro atoms. The second-order valence-corrected chi connectivity index (χ2v) is 9.47. The van der Waals surface area contributed by atoms with Crippen LogP contribution in [0.25, 0.3) is 0 Å². The molecule has 0 aromatic heterocycles. The highest BCUT2D eigenvalue weighted by atomic mass is 32.2. The SMILES string of the molecule is CC(C)N1C(=O)N(c2ccc(OCCCCCC(=O)O)cc2)CSC1=NC(C)(C)C. The Balaban J connectivity index is 1.97. The molecule has 1 aromatic carbocycles.